The first-order valence-electron chi connectivity index (χ1n) is 10.2. The van der Waals surface area contributed by atoms with E-state index in [-0.39, 0.29) is 40.1 Å². The molecule has 5 rings (SSSR count). The summed E-state index contributed by atoms with van der Waals surface area (Å²) in [5.41, 5.74) is -0.610. The van der Waals surface area contributed by atoms with Crippen LogP contribution in [0.15, 0.2) is 18.2 Å². The Labute approximate surface area is 174 Å². The molecule has 1 saturated heterocycles. The van der Waals surface area contributed by atoms with E-state index in [2.05, 4.69) is 22.9 Å². The lowest BCUT2D eigenvalue weighted by Gasteiger charge is -2.69. The molecule has 1 aromatic rings. The van der Waals surface area contributed by atoms with Crippen LogP contribution in [0.1, 0.15) is 32.6 Å². The first-order chi connectivity index (χ1) is 13.8. The van der Waals surface area contributed by atoms with Crippen molar-refractivity contribution in [1.82, 2.24) is 16.0 Å². The van der Waals surface area contributed by atoms with E-state index in [0.717, 1.165) is 25.6 Å². The molecule has 1 aliphatic heterocycles. The molecule has 4 aliphatic rings. The van der Waals surface area contributed by atoms with Crippen molar-refractivity contribution in [3.8, 4) is 5.75 Å². The van der Waals surface area contributed by atoms with Gasteiger partial charge in [-0.2, -0.15) is 0 Å². The summed E-state index contributed by atoms with van der Waals surface area (Å²) in [4.78, 5) is 24.8. The van der Waals surface area contributed by atoms with Gasteiger partial charge in [0.1, 0.15) is 11.6 Å². The molecule has 2 unspecified atom stereocenters. The van der Waals surface area contributed by atoms with Crippen LogP contribution in [0.25, 0.3) is 0 Å². The van der Waals surface area contributed by atoms with E-state index in [4.69, 9.17) is 16.3 Å². The van der Waals surface area contributed by atoms with Crippen molar-refractivity contribution in [1.29, 1.82) is 0 Å². The van der Waals surface area contributed by atoms with Crippen molar-refractivity contribution in [2.75, 3.05) is 26.2 Å². The largest absolute Gasteiger partial charge is 0.484 e. The average Bonchev–Trinajstić information content (AvgIpc) is 2.63. The Hall–Kier alpha value is -1.86. The molecule has 4 fully saturated rings. The number of carbonyl (C=O) groups excluding carboxylic acids is 2. The Morgan fingerprint density at radius 2 is 2.10 bits per heavy atom. The molecular formula is C21H27ClFN3O3. The summed E-state index contributed by atoms with van der Waals surface area (Å²) in [6.07, 6.45) is 3.16. The van der Waals surface area contributed by atoms with Gasteiger partial charge >= 0.3 is 0 Å². The quantitative estimate of drug-likeness (QED) is 0.628. The van der Waals surface area contributed by atoms with Crippen LogP contribution in [-0.2, 0) is 9.59 Å². The fourth-order valence-corrected chi connectivity index (χ4v) is 5.06. The van der Waals surface area contributed by atoms with Crippen molar-refractivity contribution in [2.24, 2.45) is 17.3 Å². The van der Waals surface area contributed by atoms with Crippen LogP contribution < -0.4 is 20.7 Å². The molecule has 29 heavy (non-hydrogen) atoms. The Balaban J connectivity index is 1.19. The number of amides is 2. The van der Waals surface area contributed by atoms with Gasteiger partial charge in [0.05, 0.1) is 10.4 Å². The minimum Gasteiger partial charge on any atom is -0.484 e. The number of carbonyl (C=O) groups is 2. The lowest BCUT2D eigenvalue weighted by Crippen LogP contribution is -2.78. The molecule has 3 N–H and O–H groups in total. The van der Waals surface area contributed by atoms with Gasteiger partial charge < -0.3 is 20.7 Å². The van der Waals surface area contributed by atoms with Gasteiger partial charge in [0, 0.05) is 18.2 Å². The van der Waals surface area contributed by atoms with Crippen LogP contribution in [0.4, 0.5) is 4.39 Å². The topological polar surface area (TPSA) is 79.5 Å². The fourth-order valence-electron chi connectivity index (χ4n) is 4.95. The number of halogens is 2. The van der Waals surface area contributed by atoms with E-state index in [9.17, 15) is 14.0 Å². The summed E-state index contributed by atoms with van der Waals surface area (Å²) in [7, 11) is 0. The van der Waals surface area contributed by atoms with Crippen LogP contribution >= 0.6 is 11.6 Å². The fraction of sp³-hybridized carbons (Fsp3) is 0.619. The lowest BCUT2D eigenvalue weighted by atomic mass is 9.39. The third-order valence-corrected chi connectivity index (χ3v) is 7.00. The molecule has 3 aliphatic carbocycles. The van der Waals surface area contributed by atoms with Crippen LogP contribution in [0.2, 0.25) is 5.02 Å². The number of nitrogens with one attached hydrogen (secondary N) is 3. The standard InChI is InChI=1S/C21H27ClFN3O3/c1-13-4-5-24-7-14(13)8-25-19(28)20-10-21(11-20,12-20)26-18(27)9-29-15-2-3-16(22)17(23)6-15/h2-3,6,13-14,24H,4-5,7-12H2,1H3,(H,25,28)(H,26,27). The third kappa shape index (κ3) is 4.08. The highest BCUT2D eigenvalue weighted by atomic mass is 35.5. The van der Waals surface area contributed by atoms with E-state index >= 15 is 0 Å². The third-order valence-electron chi connectivity index (χ3n) is 6.69. The molecule has 0 radical (unpaired) electrons. The Morgan fingerprint density at radius 1 is 1.34 bits per heavy atom. The van der Waals surface area contributed by atoms with Crippen LogP contribution in [0.3, 0.4) is 0 Å². The molecule has 1 aromatic carbocycles. The van der Waals surface area contributed by atoms with Crippen LogP contribution in [-0.4, -0.2) is 43.6 Å². The summed E-state index contributed by atoms with van der Waals surface area (Å²) >= 11 is 5.63. The molecular weight excluding hydrogens is 397 g/mol. The molecule has 2 amide bonds. The predicted octanol–water partition coefficient (Wildman–Crippen LogP) is 2.26. The highest BCUT2D eigenvalue weighted by Gasteiger charge is 2.72. The highest BCUT2D eigenvalue weighted by Crippen LogP contribution is 2.67. The molecule has 3 saturated carbocycles. The normalized spacial score (nSPS) is 32.5. The molecule has 8 heteroatoms. The van der Waals surface area contributed by atoms with Crippen molar-refractivity contribution >= 4 is 23.4 Å². The second-order valence-corrected chi connectivity index (χ2v) is 9.35. The molecule has 1 heterocycles. The van der Waals surface area contributed by atoms with Gasteiger partial charge in [0.25, 0.3) is 5.91 Å². The Morgan fingerprint density at radius 3 is 2.79 bits per heavy atom. The molecule has 158 valence electrons. The first-order valence-corrected chi connectivity index (χ1v) is 10.6. The van der Waals surface area contributed by atoms with Gasteiger partial charge in [-0.1, -0.05) is 18.5 Å². The molecule has 6 nitrogen and oxygen atoms in total. The van der Waals surface area contributed by atoms with Crippen molar-refractivity contribution in [2.45, 2.75) is 38.1 Å². The van der Waals surface area contributed by atoms with E-state index in [1.165, 1.54) is 12.1 Å². The van der Waals surface area contributed by atoms with E-state index in [1.807, 2.05) is 0 Å². The van der Waals surface area contributed by atoms with Crippen molar-refractivity contribution in [3.05, 3.63) is 29.0 Å². The summed E-state index contributed by atoms with van der Waals surface area (Å²) in [5, 5.41) is 9.49. The van der Waals surface area contributed by atoms with E-state index in [0.29, 0.717) is 37.6 Å². The summed E-state index contributed by atoms with van der Waals surface area (Å²) in [5.74, 6) is 0.598. The lowest BCUT2D eigenvalue weighted by molar-refractivity contribution is -0.184. The number of hydrogen-bond donors (Lipinski definition) is 3. The summed E-state index contributed by atoms with van der Waals surface area (Å²) in [6, 6.07) is 4.05. The zero-order valence-corrected chi connectivity index (χ0v) is 17.3. The van der Waals surface area contributed by atoms with Gasteiger partial charge in [-0.05, 0) is 62.7 Å². The van der Waals surface area contributed by atoms with E-state index < -0.39 is 5.82 Å². The SMILES string of the molecule is CC1CCNCC1CNC(=O)C12CC(NC(=O)COc3ccc(Cl)c(F)c3)(C1)C2. The van der Waals surface area contributed by atoms with Gasteiger partial charge in [-0.25, -0.2) is 4.39 Å². The second-order valence-electron chi connectivity index (χ2n) is 8.94. The van der Waals surface area contributed by atoms with Crippen LogP contribution in [0.5, 0.6) is 5.75 Å². The summed E-state index contributed by atoms with van der Waals surface area (Å²) in [6.45, 7) is 4.75. The molecule has 0 spiro atoms. The zero-order valence-electron chi connectivity index (χ0n) is 16.5. The number of benzene rings is 1. The maximum atomic E-state index is 13.4. The predicted molar refractivity (Wildman–Crippen MR) is 107 cm³/mol. The number of ether oxygens (including phenoxy) is 1. The number of rotatable bonds is 7. The Kier molecular flexibility index (Phi) is 5.46. The molecule has 2 atom stereocenters. The van der Waals surface area contributed by atoms with Gasteiger partial charge in [0.2, 0.25) is 5.91 Å². The number of piperidine rings is 1. The zero-order chi connectivity index (χ0) is 20.6. The van der Waals surface area contributed by atoms with Crippen molar-refractivity contribution in [3.63, 3.8) is 0 Å². The minimum absolute atomic E-state index is 0.00782. The summed E-state index contributed by atoms with van der Waals surface area (Å²) < 4.78 is 18.7. The first kappa shape index (κ1) is 20.4. The van der Waals surface area contributed by atoms with Gasteiger partial charge in [0.15, 0.2) is 6.61 Å². The van der Waals surface area contributed by atoms with Gasteiger partial charge in [-0.3, -0.25) is 9.59 Å². The molecule has 0 aromatic heterocycles. The second kappa shape index (κ2) is 7.76. The van der Waals surface area contributed by atoms with Crippen LogP contribution in [0, 0.1) is 23.1 Å². The Bertz CT molecular complexity index is 799. The smallest absolute Gasteiger partial charge is 0.258 e. The highest BCUT2D eigenvalue weighted by molar-refractivity contribution is 6.30. The number of hydrogen-bond acceptors (Lipinski definition) is 4. The van der Waals surface area contributed by atoms with Gasteiger partial charge in [-0.15, -0.1) is 0 Å². The van der Waals surface area contributed by atoms with Crippen molar-refractivity contribution < 1.29 is 18.7 Å². The monoisotopic (exact) mass is 423 g/mol. The maximum Gasteiger partial charge on any atom is 0.258 e. The minimum atomic E-state index is -0.588. The average molecular weight is 424 g/mol. The maximum absolute atomic E-state index is 13.4. The van der Waals surface area contributed by atoms with E-state index in [1.54, 1.807) is 0 Å². The molecule has 2 bridgehead atoms.